The number of nitrogens with one attached hydrogen (secondary N) is 1. The van der Waals surface area contributed by atoms with Crippen LogP contribution in [0.3, 0.4) is 0 Å². The van der Waals surface area contributed by atoms with Crippen LogP contribution in [0.2, 0.25) is 5.02 Å². The third-order valence-corrected chi connectivity index (χ3v) is 6.08. The molecule has 0 aliphatic heterocycles. The van der Waals surface area contributed by atoms with Crippen LogP contribution in [-0.4, -0.2) is 42.1 Å². The van der Waals surface area contributed by atoms with Gasteiger partial charge in [0.2, 0.25) is 10.0 Å². The van der Waals surface area contributed by atoms with E-state index in [1.54, 1.807) is 42.7 Å². The van der Waals surface area contributed by atoms with Crippen LogP contribution in [0.4, 0.5) is 5.69 Å². The molecule has 0 fully saturated rings. The van der Waals surface area contributed by atoms with Gasteiger partial charge in [-0.3, -0.25) is 9.71 Å². The van der Waals surface area contributed by atoms with E-state index in [2.05, 4.69) is 9.71 Å². The Morgan fingerprint density at radius 3 is 2.62 bits per heavy atom. The van der Waals surface area contributed by atoms with Crippen molar-refractivity contribution in [3.63, 3.8) is 0 Å². The Morgan fingerprint density at radius 1 is 1.21 bits per heavy atom. The molecule has 0 saturated carbocycles. The van der Waals surface area contributed by atoms with E-state index in [1.165, 1.54) is 0 Å². The van der Waals surface area contributed by atoms with Gasteiger partial charge < -0.3 is 10.2 Å². The first-order chi connectivity index (χ1) is 13.6. The zero-order chi connectivity index (χ0) is 21.2. The van der Waals surface area contributed by atoms with Crippen molar-refractivity contribution >= 4 is 38.6 Å². The van der Waals surface area contributed by atoms with Crippen molar-refractivity contribution in [2.24, 2.45) is 0 Å². The highest BCUT2D eigenvalue weighted by molar-refractivity contribution is 7.92. The monoisotopic (exact) mass is 452 g/mol. The third-order valence-electron chi connectivity index (χ3n) is 4.19. The first kappa shape index (κ1) is 21.7. The second-order valence-corrected chi connectivity index (χ2v) is 10.2. The molecule has 6 nitrogen and oxygen atoms in total. The van der Waals surface area contributed by atoms with Gasteiger partial charge in [-0.2, -0.15) is 0 Å². The van der Waals surface area contributed by atoms with Gasteiger partial charge in [0.1, 0.15) is 0 Å². The number of aliphatic hydroxyl groups excluding tert-OH is 1. The Morgan fingerprint density at radius 2 is 1.97 bits per heavy atom. The number of aliphatic hydroxyl groups is 2. The van der Waals surface area contributed by atoms with Crippen LogP contribution in [-0.2, 0) is 16.4 Å². The fraction of sp³-hybridized carbons (Fsp3) is 0.250. The molecule has 154 valence electrons. The average Bonchev–Trinajstić information content (AvgIpc) is 3.10. The van der Waals surface area contributed by atoms with Crippen molar-refractivity contribution in [1.29, 1.82) is 0 Å². The Labute approximate surface area is 178 Å². The summed E-state index contributed by atoms with van der Waals surface area (Å²) in [7, 11) is -3.37. The van der Waals surface area contributed by atoms with Gasteiger partial charge in [0, 0.05) is 34.4 Å². The molecule has 3 rings (SSSR count). The molecule has 2 heterocycles. The number of benzene rings is 1. The Bertz CT molecular complexity index is 1130. The van der Waals surface area contributed by atoms with Gasteiger partial charge in [0.15, 0.2) is 0 Å². The normalized spacial score (nSPS) is 13.8. The lowest BCUT2D eigenvalue weighted by Gasteiger charge is -2.19. The Hall–Kier alpha value is -1.97. The van der Waals surface area contributed by atoms with Gasteiger partial charge in [0.05, 0.1) is 23.5 Å². The number of pyridine rings is 1. The molecule has 0 spiro atoms. The maximum absolute atomic E-state index is 11.4. The van der Waals surface area contributed by atoms with Crippen molar-refractivity contribution in [2.45, 2.75) is 18.9 Å². The molecule has 0 amide bonds. The number of halogens is 1. The molecule has 29 heavy (non-hydrogen) atoms. The quantitative estimate of drug-likeness (QED) is 0.506. The second kappa shape index (κ2) is 8.41. The van der Waals surface area contributed by atoms with E-state index in [0.717, 1.165) is 27.8 Å². The fourth-order valence-corrected chi connectivity index (χ4v) is 4.58. The van der Waals surface area contributed by atoms with Gasteiger partial charge in [-0.1, -0.05) is 17.7 Å². The summed E-state index contributed by atoms with van der Waals surface area (Å²) < 4.78 is 25.2. The lowest BCUT2D eigenvalue weighted by Crippen LogP contribution is -2.31. The predicted molar refractivity (Wildman–Crippen MR) is 118 cm³/mol. The van der Waals surface area contributed by atoms with Gasteiger partial charge in [0.25, 0.3) is 0 Å². The van der Waals surface area contributed by atoms with E-state index >= 15 is 0 Å². The van der Waals surface area contributed by atoms with Crippen LogP contribution in [0.5, 0.6) is 0 Å². The van der Waals surface area contributed by atoms with E-state index in [9.17, 15) is 18.6 Å². The summed E-state index contributed by atoms with van der Waals surface area (Å²) in [5, 5.41) is 21.7. The van der Waals surface area contributed by atoms with Gasteiger partial charge in [-0.15, -0.1) is 11.3 Å². The zero-order valence-corrected chi connectivity index (χ0v) is 18.3. The molecule has 0 aliphatic rings. The van der Waals surface area contributed by atoms with Gasteiger partial charge in [-0.25, -0.2) is 8.42 Å². The number of rotatable bonds is 7. The summed E-state index contributed by atoms with van der Waals surface area (Å²) >= 11 is 7.91. The smallest absolute Gasteiger partial charge is 0.229 e. The molecule has 2 aromatic heterocycles. The van der Waals surface area contributed by atoms with E-state index in [0.29, 0.717) is 16.4 Å². The predicted octanol–water partition coefficient (Wildman–Crippen LogP) is 3.79. The average molecular weight is 453 g/mol. The summed E-state index contributed by atoms with van der Waals surface area (Å²) in [5.41, 5.74) is 2.54. The van der Waals surface area contributed by atoms with E-state index in [1.807, 2.05) is 23.6 Å². The van der Waals surface area contributed by atoms with Crippen LogP contribution in [0.1, 0.15) is 12.6 Å². The summed E-state index contributed by atoms with van der Waals surface area (Å²) in [5.74, 6) is 0. The van der Waals surface area contributed by atoms with Crippen molar-refractivity contribution in [1.82, 2.24) is 4.98 Å². The van der Waals surface area contributed by atoms with Gasteiger partial charge >= 0.3 is 0 Å². The molecular formula is C20H21ClN2O4S2. The largest absolute Gasteiger partial charge is 0.393 e. The number of anilines is 1. The standard InChI is InChI=1S/C20H21ClN2O4S2/c1-20(25,12-24)10-16-7-13(5-6-22-16)19-8-14(11-28-19)17-4-3-15(9-18(17)21)23-29(2,26)27/h3-9,11,23-25H,10,12H2,1-2H3/t20-/m0/s1. The van der Waals surface area contributed by atoms with E-state index in [-0.39, 0.29) is 13.0 Å². The topological polar surface area (TPSA) is 99.5 Å². The third kappa shape index (κ3) is 5.77. The van der Waals surface area contributed by atoms with Crippen LogP contribution in [0, 0.1) is 0 Å². The maximum atomic E-state index is 11.4. The van der Waals surface area contributed by atoms with Crippen LogP contribution in [0.25, 0.3) is 21.6 Å². The minimum absolute atomic E-state index is 0.246. The minimum Gasteiger partial charge on any atom is -0.393 e. The highest BCUT2D eigenvalue weighted by Gasteiger charge is 2.20. The summed E-state index contributed by atoms with van der Waals surface area (Å²) in [6, 6.07) is 10.8. The molecule has 3 aromatic rings. The molecule has 0 unspecified atom stereocenters. The van der Waals surface area contributed by atoms with Crippen molar-refractivity contribution in [3.05, 3.63) is 58.7 Å². The summed E-state index contributed by atoms with van der Waals surface area (Å²) in [4.78, 5) is 5.27. The minimum atomic E-state index is -3.37. The molecule has 0 aliphatic carbocycles. The Kier molecular flexibility index (Phi) is 6.30. The molecular weight excluding hydrogens is 432 g/mol. The fourth-order valence-electron chi connectivity index (χ4n) is 2.83. The lowest BCUT2D eigenvalue weighted by molar-refractivity contribution is 0.00160. The number of hydrogen-bond donors (Lipinski definition) is 3. The van der Waals surface area contributed by atoms with E-state index < -0.39 is 15.6 Å². The zero-order valence-electron chi connectivity index (χ0n) is 15.9. The van der Waals surface area contributed by atoms with Crippen molar-refractivity contribution in [3.8, 4) is 21.6 Å². The van der Waals surface area contributed by atoms with Crippen LogP contribution in [0.15, 0.2) is 48.0 Å². The molecule has 1 atom stereocenters. The lowest BCUT2D eigenvalue weighted by atomic mass is 10.00. The van der Waals surface area contributed by atoms with Crippen LogP contribution >= 0.6 is 22.9 Å². The first-order valence-electron chi connectivity index (χ1n) is 8.71. The summed E-state index contributed by atoms with van der Waals surface area (Å²) in [6.07, 6.45) is 3.01. The number of nitrogens with zero attached hydrogens (tertiary/aromatic N) is 1. The van der Waals surface area contributed by atoms with E-state index in [4.69, 9.17) is 11.6 Å². The number of hydrogen-bond acceptors (Lipinski definition) is 6. The maximum Gasteiger partial charge on any atom is 0.229 e. The number of aromatic nitrogens is 1. The highest BCUT2D eigenvalue weighted by atomic mass is 35.5. The first-order valence-corrected chi connectivity index (χ1v) is 11.9. The van der Waals surface area contributed by atoms with Crippen LogP contribution < -0.4 is 4.72 Å². The Balaban J connectivity index is 1.86. The van der Waals surface area contributed by atoms with Crippen molar-refractivity contribution < 1.29 is 18.6 Å². The molecule has 0 saturated heterocycles. The molecule has 1 aromatic carbocycles. The molecule has 0 radical (unpaired) electrons. The SMILES string of the molecule is C[C@@](O)(CO)Cc1cc(-c2cc(-c3ccc(NS(C)(=O)=O)cc3Cl)cs2)ccn1. The van der Waals surface area contributed by atoms with Crippen molar-refractivity contribution in [2.75, 3.05) is 17.6 Å². The molecule has 9 heteroatoms. The number of sulfonamides is 1. The highest BCUT2D eigenvalue weighted by Crippen LogP contribution is 2.37. The molecule has 3 N–H and O–H groups in total. The number of thiophene rings is 1. The molecule has 0 bridgehead atoms. The summed E-state index contributed by atoms with van der Waals surface area (Å²) in [6.45, 7) is 1.22. The van der Waals surface area contributed by atoms with Gasteiger partial charge in [-0.05, 0) is 53.8 Å². The second-order valence-electron chi connectivity index (χ2n) is 7.14.